The predicted octanol–water partition coefficient (Wildman–Crippen LogP) is 3.85. The molecule has 0 bridgehead atoms. The zero-order valence-electron chi connectivity index (χ0n) is 14.0. The van der Waals surface area contributed by atoms with Crippen LogP contribution in [-0.2, 0) is 6.54 Å². The lowest BCUT2D eigenvalue weighted by Crippen LogP contribution is -2.24. The molecular weight excluding hydrogens is 394 g/mol. The van der Waals surface area contributed by atoms with Crippen LogP contribution in [0.2, 0.25) is 0 Å². The van der Waals surface area contributed by atoms with E-state index in [0.29, 0.717) is 5.56 Å². The normalized spacial score (nSPS) is 12.6. The van der Waals surface area contributed by atoms with Crippen LogP contribution in [0, 0.1) is 0 Å². The number of aliphatic imine (C=N–C) groups is 1. The van der Waals surface area contributed by atoms with Gasteiger partial charge in [0.2, 0.25) is 5.88 Å². The monoisotopic (exact) mass is 408 g/mol. The second-order valence-corrected chi connectivity index (χ2v) is 5.28. The molecule has 3 N–H and O–H groups in total. The molecule has 1 aromatic heterocycles. The first-order valence-electron chi connectivity index (χ1n) is 7.58. The van der Waals surface area contributed by atoms with Crippen LogP contribution in [0.3, 0.4) is 0 Å². The van der Waals surface area contributed by atoms with E-state index < -0.39 is 24.9 Å². The van der Waals surface area contributed by atoms with E-state index in [-0.39, 0.29) is 24.1 Å². The average Bonchev–Trinajstić information content (AvgIpc) is 2.59. The molecule has 6 nitrogen and oxygen atoms in total. The molecule has 12 heteroatoms. The molecule has 0 radical (unpaired) electrons. The number of halogens is 6. The number of nitrogens with two attached hydrogens (primary N) is 1. The van der Waals surface area contributed by atoms with Gasteiger partial charge in [0.1, 0.15) is 0 Å². The Balaban J connectivity index is 1.96. The zero-order valence-corrected chi connectivity index (χ0v) is 14.0. The molecule has 1 aromatic carbocycles. The summed E-state index contributed by atoms with van der Waals surface area (Å²) in [5.41, 5.74) is 6.09. The van der Waals surface area contributed by atoms with Crippen molar-refractivity contribution in [3.8, 4) is 11.6 Å². The number of alkyl halides is 6. The second kappa shape index (κ2) is 8.67. The van der Waals surface area contributed by atoms with E-state index in [1.165, 1.54) is 36.5 Å². The summed E-state index contributed by atoms with van der Waals surface area (Å²) in [5.74, 6) is -0.897. The SMILES string of the molecule is NC(=NCc1ccc(OCC(F)(F)F)nc1)Nc1ccccc1OC(F)(F)F. The first-order valence-corrected chi connectivity index (χ1v) is 7.58. The molecule has 0 aliphatic carbocycles. The largest absolute Gasteiger partial charge is 0.573 e. The number of rotatable bonds is 6. The Kier molecular flexibility index (Phi) is 6.54. The number of hydrogen-bond donors (Lipinski definition) is 2. The van der Waals surface area contributed by atoms with E-state index in [0.717, 1.165) is 6.07 Å². The fourth-order valence-electron chi connectivity index (χ4n) is 1.88. The molecule has 0 aliphatic heterocycles. The minimum Gasteiger partial charge on any atom is -0.468 e. The van der Waals surface area contributed by atoms with Gasteiger partial charge in [0.25, 0.3) is 0 Å². The minimum absolute atomic E-state index is 0.0202. The van der Waals surface area contributed by atoms with Crippen LogP contribution in [0.1, 0.15) is 5.56 Å². The molecule has 152 valence electrons. The maximum absolute atomic E-state index is 12.4. The summed E-state index contributed by atoms with van der Waals surface area (Å²) in [4.78, 5) is 7.63. The molecule has 0 unspecified atom stereocenters. The van der Waals surface area contributed by atoms with Crippen LogP contribution in [-0.4, -0.2) is 30.1 Å². The highest BCUT2D eigenvalue weighted by molar-refractivity contribution is 5.93. The zero-order chi connectivity index (χ0) is 20.8. The first-order chi connectivity index (χ1) is 13.0. The molecule has 2 aromatic rings. The second-order valence-electron chi connectivity index (χ2n) is 5.28. The molecule has 0 atom stereocenters. The van der Waals surface area contributed by atoms with Crippen LogP contribution in [0.4, 0.5) is 32.0 Å². The van der Waals surface area contributed by atoms with E-state index >= 15 is 0 Å². The average molecular weight is 408 g/mol. The Labute approximate surface area is 155 Å². The molecule has 0 spiro atoms. The Morgan fingerprint density at radius 2 is 1.79 bits per heavy atom. The van der Waals surface area contributed by atoms with Crippen molar-refractivity contribution in [3.63, 3.8) is 0 Å². The molecule has 0 saturated carbocycles. The number of hydrogen-bond acceptors (Lipinski definition) is 4. The third-order valence-corrected chi connectivity index (χ3v) is 2.99. The highest BCUT2D eigenvalue weighted by atomic mass is 19.4. The summed E-state index contributed by atoms with van der Waals surface area (Å²) in [7, 11) is 0. The summed E-state index contributed by atoms with van der Waals surface area (Å²) < 4.78 is 81.7. The van der Waals surface area contributed by atoms with Gasteiger partial charge in [-0.2, -0.15) is 13.2 Å². The third-order valence-electron chi connectivity index (χ3n) is 2.99. The summed E-state index contributed by atoms with van der Waals surface area (Å²) >= 11 is 0. The maximum atomic E-state index is 12.4. The van der Waals surface area contributed by atoms with Gasteiger partial charge >= 0.3 is 12.5 Å². The molecule has 28 heavy (non-hydrogen) atoms. The third kappa shape index (κ3) is 7.60. The molecule has 0 fully saturated rings. The van der Waals surface area contributed by atoms with Gasteiger partial charge in [-0.25, -0.2) is 9.98 Å². The van der Waals surface area contributed by atoms with Gasteiger partial charge in [0.05, 0.1) is 12.2 Å². The van der Waals surface area contributed by atoms with Crippen LogP contribution in [0.15, 0.2) is 47.6 Å². The lowest BCUT2D eigenvalue weighted by Gasteiger charge is -2.14. The highest BCUT2D eigenvalue weighted by Gasteiger charge is 2.32. The number of ether oxygens (including phenoxy) is 2. The fourth-order valence-corrected chi connectivity index (χ4v) is 1.88. The van der Waals surface area contributed by atoms with Gasteiger partial charge in [-0.3, -0.25) is 0 Å². The number of anilines is 1. The van der Waals surface area contributed by atoms with Crippen molar-refractivity contribution in [1.82, 2.24) is 4.98 Å². The van der Waals surface area contributed by atoms with Gasteiger partial charge in [-0.1, -0.05) is 18.2 Å². The van der Waals surface area contributed by atoms with E-state index in [1.54, 1.807) is 0 Å². The molecule has 0 saturated heterocycles. The molecule has 0 amide bonds. The van der Waals surface area contributed by atoms with Crippen LogP contribution >= 0.6 is 0 Å². The number of guanidine groups is 1. The van der Waals surface area contributed by atoms with E-state index in [1.807, 2.05) is 0 Å². The molecule has 1 heterocycles. The molecule has 0 aliphatic rings. The summed E-state index contributed by atoms with van der Waals surface area (Å²) in [6, 6.07) is 7.91. The Hall–Kier alpha value is -3.18. The summed E-state index contributed by atoms with van der Waals surface area (Å²) in [6.07, 6.45) is -8.11. The van der Waals surface area contributed by atoms with Gasteiger partial charge < -0.3 is 20.5 Å². The van der Waals surface area contributed by atoms with Gasteiger partial charge in [0.15, 0.2) is 18.3 Å². The van der Waals surface area contributed by atoms with Crippen LogP contribution in [0.5, 0.6) is 11.6 Å². The number of aromatic nitrogens is 1. The molecular formula is C16H14F6N4O2. The topological polar surface area (TPSA) is 81.8 Å². The Bertz CT molecular complexity index is 806. The lowest BCUT2D eigenvalue weighted by molar-refractivity contribution is -0.274. The number of benzene rings is 1. The number of nitrogens with zero attached hydrogens (tertiary/aromatic N) is 2. The minimum atomic E-state index is -4.87. The van der Waals surface area contributed by atoms with Crippen molar-refractivity contribution < 1.29 is 35.8 Å². The Morgan fingerprint density at radius 1 is 1.07 bits per heavy atom. The van der Waals surface area contributed by atoms with Crippen molar-refractivity contribution in [1.29, 1.82) is 0 Å². The summed E-state index contributed by atoms with van der Waals surface area (Å²) in [5, 5.41) is 2.48. The summed E-state index contributed by atoms with van der Waals surface area (Å²) in [6.45, 7) is -1.48. The number of para-hydroxylation sites is 2. The number of nitrogens with one attached hydrogen (secondary N) is 1. The smallest absolute Gasteiger partial charge is 0.468 e. The van der Waals surface area contributed by atoms with Crippen LogP contribution in [0.25, 0.3) is 0 Å². The fraction of sp³-hybridized carbons (Fsp3) is 0.250. The predicted molar refractivity (Wildman–Crippen MR) is 87.9 cm³/mol. The maximum Gasteiger partial charge on any atom is 0.573 e. The van der Waals surface area contributed by atoms with Crippen molar-refractivity contribution in [2.24, 2.45) is 10.7 Å². The van der Waals surface area contributed by atoms with E-state index in [2.05, 4.69) is 24.8 Å². The van der Waals surface area contributed by atoms with E-state index in [4.69, 9.17) is 5.73 Å². The highest BCUT2D eigenvalue weighted by Crippen LogP contribution is 2.29. The Morgan fingerprint density at radius 3 is 2.39 bits per heavy atom. The first kappa shape index (κ1) is 21.1. The van der Waals surface area contributed by atoms with Crippen molar-refractivity contribution in [3.05, 3.63) is 48.2 Å². The van der Waals surface area contributed by atoms with Crippen molar-refractivity contribution >= 4 is 11.6 Å². The van der Waals surface area contributed by atoms with Gasteiger partial charge in [-0.05, 0) is 17.7 Å². The van der Waals surface area contributed by atoms with Gasteiger partial charge in [-0.15, -0.1) is 13.2 Å². The van der Waals surface area contributed by atoms with Crippen molar-refractivity contribution in [2.75, 3.05) is 11.9 Å². The van der Waals surface area contributed by atoms with Gasteiger partial charge in [0, 0.05) is 12.3 Å². The number of pyridine rings is 1. The quantitative estimate of drug-likeness (QED) is 0.431. The standard InChI is InChI=1S/C16H14F6N4O2/c17-15(18,19)9-27-13-6-5-10(7-24-13)8-25-14(23)26-11-3-1-2-4-12(11)28-16(20,21)22/h1-7H,8-9H2,(H3,23,25,26). The van der Waals surface area contributed by atoms with E-state index in [9.17, 15) is 26.3 Å². The molecule has 2 rings (SSSR count). The lowest BCUT2D eigenvalue weighted by atomic mass is 10.3. The van der Waals surface area contributed by atoms with Crippen molar-refractivity contribution in [2.45, 2.75) is 19.1 Å². The van der Waals surface area contributed by atoms with Crippen LogP contribution < -0.4 is 20.5 Å².